The van der Waals surface area contributed by atoms with E-state index in [0.717, 1.165) is 24.8 Å². The summed E-state index contributed by atoms with van der Waals surface area (Å²) >= 11 is 0. The Morgan fingerprint density at radius 1 is 1.29 bits per heavy atom. The third-order valence-corrected chi connectivity index (χ3v) is 4.13. The molecule has 1 atom stereocenters. The highest BCUT2D eigenvalue weighted by molar-refractivity contribution is 5.91. The molecule has 1 aliphatic carbocycles. The second-order valence-corrected chi connectivity index (χ2v) is 5.50. The largest absolute Gasteiger partial charge is 0.384 e. The third-order valence-electron chi connectivity index (χ3n) is 4.13. The van der Waals surface area contributed by atoms with Gasteiger partial charge in [-0.25, -0.2) is 0 Å². The Morgan fingerprint density at radius 3 is 2.43 bits per heavy atom. The number of nitrogens with one attached hydrogen (secondary N) is 2. The number of ether oxygens (including phenoxy) is 1. The molecule has 0 aliphatic heterocycles. The normalized spacial score (nSPS) is 17.4. The summed E-state index contributed by atoms with van der Waals surface area (Å²) in [7, 11) is 3.17. The van der Waals surface area contributed by atoms with Gasteiger partial charge < -0.3 is 15.4 Å². The lowest BCUT2D eigenvalue weighted by molar-refractivity contribution is -0.143. The van der Waals surface area contributed by atoms with Crippen LogP contribution in [0.2, 0.25) is 0 Å². The van der Waals surface area contributed by atoms with Gasteiger partial charge in [0.2, 0.25) is 11.8 Å². The van der Waals surface area contributed by atoms with Crippen LogP contribution in [0.4, 0.5) is 0 Å². The highest BCUT2D eigenvalue weighted by Crippen LogP contribution is 2.41. The zero-order valence-corrected chi connectivity index (χ0v) is 12.5. The summed E-state index contributed by atoms with van der Waals surface area (Å²) in [5, 5.41) is 5.48. The van der Waals surface area contributed by atoms with Crippen molar-refractivity contribution < 1.29 is 14.3 Å². The van der Waals surface area contributed by atoms with E-state index in [1.54, 1.807) is 14.2 Å². The average molecular weight is 290 g/mol. The SMILES string of the molecule is CNC(=O)C(NC(=O)C1(COC)CCC1)c1ccccc1. The Balaban J connectivity index is 2.16. The predicted molar refractivity (Wildman–Crippen MR) is 79.6 cm³/mol. The highest BCUT2D eigenvalue weighted by atomic mass is 16.5. The van der Waals surface area contributed by atoms with Crippen LogP contribution in [0.15, 0.2) is 30.3 Å². The van der Waals surface area contributed by atoms with Gasteiger partial charge in [0, 0.05) is 14.2 Å². The maximum absolute atomic E-state index is 12.6. The zero-order chi connectivity index (χ0) is 15.3. The molecule has 0 heterocycles. The molecule has 0 bridgehead atoms. The van der Waals surface area contributed by atoms with E-state index in [1.807, 2.05) is 30.3 Å². The van der Waals surface area contributed by atoms with Crippen LogP contribution in [0.3, 0.4) is 0 Å². The molecule has 0 radical (unpaired) electrons. The molecule has 1 saturated carbocycles. The molecule has 21 heavy (non-hydrogen) atoms. The van der Waals surface area contributed by atoms with E-state index in [1.165, 1.54) is 0 Å². The minimum absolute atomic E-state index is 0.104. The number of benzene rings is 1. The van der Waals surface area contributed by atoms with Gasteiger partial charge in [0.1, 0.15) is 6.04 Å². The molecule has 1 aromatic rings. The van der Waals surface area contributed by atoms with E-state index >= 15 is 0 Å². The molecule has 1 aliphatic rings. The fourth-order valence-corrected chi connectivity index (χ4v) is 2.69. The third kappa shape index (κ3) is 3.24. The standard InChI is InChI=1S/C16H22N2O3/c1-17-14(19)13(12-7-4-3-5-8-12)18-15(20)16(11-21-2)9-6-10-16/h3-5,7-8,13H,6,9-11H2,1-2H3,(H,17,19)(H,18,20). The van der Waals surface area contributed by atoms with Gasteiger partial charge in [-0.3, -0.25) is 9.59 Å². The molecule has 0 saturated heterocycles. The van der Waals surface area contributed by atoms with Gasteiger partial charge >= 0.3 is 0 Å². The molecule has 5 heteroatoms. The lowest BCUT2D eigenvalue weighted by atomic mass is 9.68. The summed E-state index contributed by atoms with van der Waals surface area (Å²) in [6.07, 6.45) is 2.64. The summed E-state index contributed by atoms with van der Waals surface area (Å²) in [6, 6.07) is 8.59. The van der Waals surface area contributed by atoms with Crippen LogP contribution in [0.25, 0.3) is 0 Å². The van der Waals surface area contributed by atoms with Crippen LogP contribution in [-0.4, -0.2) is 32.6 Å². The van der Waals surface area contributed by atoms with Crippen LogP contribution in [0.5, 0.6) is 0 Å². The van der Waals surface area contributed by atoms with E-state index in [-0.39, 0.29) is 11.8 Å². The van der Waals surface area contributed by atoms with E-state index in [2.05, 4.69) is 10.6 Å². The van der Waals surface area contributed by atoms with Crippen molar-refractivity contribution in [3.63, 3.8) is 0 Å². The number of hydrogen-bond acceptors (Lipinski definition) is 3. The van der Waals surface area contributed by atoms with Gasteiger partial charge in [-0.2, -0.15) is 0 Å². The number of hydrogen-bond donors (Lipinski definition) is 2. The molecule has 2 amide bonds. The quantitative estimate of drug-likeness (QED) is 0.832. The molecule has 0 spiro atoms. The molecule has 5 nitrogen and oxygen atoms in total. The van der Waals surface area contributed by atoms with Crippen molar-refractivity contribution in [1.29, 1.82) is 0 Å². The highest BCUT2D eigenvalue weighted by Gasteiger charge is 2.45. The van der Waals surface area contributed by atoms with Crippen molar-refractivity contribution in [2.75, 3.05) is 20.8 Å². The number of likely N-dealkylation sites (N-methyl/N-ethyl adjacent to an activating group) is 1. The number of rotatable bonds is 6. The van der Waals surface area contributed by atoms with Crippen molar-refractivity contribution in [1.82, 2.24) is 10.6 Å². The van der Waals surface area contributed by atoms with E-state index in [0.29, 0.717) is 6.61 Å². The van der Waals surface area contributed by atoms with Crippen LogP contribution in [-0.2, 0) is 14.3 Å². The van der Waals surface area contributed by atoms with Gasteiger partial charge in [0.05, 0.1) is 12.0 Å². The fraction of sp³-hybridized carbons (Fsp3) is 0.500. The Hall–Kier alpha value is -1.88. The number of carbonyl (C=O) groups is 2. The molecule has 1 unspecified atom stereocenters. The molecule has 2 N–H and O–H groups in total. The number of carbonyl (C=O) groups excluding carboxylic acids is 2. The van der Waals surface area contributed by atoms with Crippen molar-refractivity contribution in [3.8, 4) is 0 Å². The maximum Gasteiger partial charge on any atom is 0.246 e. The monoisotopic (exact) mass is 290 g/mol. The van der Waals surface area contributed by atoms with Gasteiger partial charge in [-0.1, -0.05) is 36.8 Å². The Kier molecular flexibility index (Phi) is 4.96. The minimum Gasteiger partial charge on any atom is -0.384 e. The minimum atomic E-state index is -0.668. The lowest BCUT2D eigenvalue weighted by Crippen LogP contribution is -2.51. The average Bonchev–Trinajstić information content (AvgIpc) is 2.48. The molecular weight excluding hydrogens is 268 g/mol. The molecule has 1 aromatic carbocycles. The second kappa shape index (κ2) is 6.72. The van der Waals surface area contributed by atoms with Gasteiger partial charge in [0.25, 0.3) is 0 Å². The smallest absolute Gasteiger partial charge is 0.246 e. The Morgan fingerprint density at radius 2 is 1.95 bits per heavy atom. The van der Waals surface area contributed by atoms with Crippen LogP contribution in [0.1, 0.15) is 30.9 Å². The predicted octanol–water partition coefficient (Wildman–Crippen LogP) is 1.41. The molecule has 114 valence electrons. The van der Waals surface area contributed by atoms with E-state index < -0.39 is 11.5 Å². The first kappa shape index (κ1) is 15.5. The van der Waals surface area contributed by atoms with Crippen molar-refractivity contribution in [2.24, 2.45) is 5.41 Å². The van der Waals surface area contributed by atoms with Gasteiger partial charge in [-0.05, 0) is 18.4 Å². The van der Waals surface area contributed by atoms with Crippen LogP contribution in [0, 0.1) is 5.41 Å². The first-order valence-corrected chi connectivity index (χ1v) is 7.19. The summed E-state index contributed by atoms with van der Waals surface area (Å²) in [6.45, 7) is 0.397. The first-order chi connectivity index (χ1) is 10.1. The zero-order valence-electron chi connectivity index (χ0n) is 12.5. The second-order valence-electron chi connectivity index (χ2n) is 5.50. The molecule has 1 fully saturated rings. The van der Waals surface area contributed by atoms with E-state index in [4.69, 9.17) is 4.74 Å². The maximum atomic E-state index is 12.6. The number of methoxy groups -OCH3 is 1. The fourth-order valence-electron chi connectivity index (χ4n) is 2.69. The van der Waals surface area contributed by atoms with Crippen molar-refractivity contribution in [2.45, 2.75) is 25.3 Å². The van der Waals surface area contributed by atoms with E-state index in [9.17, 15) is 9.59 Å². The topological polar surface area (TPSA) is 67.4 Å². The Labute approximate surface area is 125 Å². The van der Waals surface area contributed by atoms with Gasteiger partial charge in [0.15, 0.2) is 0 Å². The van der Waals surface area contributed by atoms with Gasteiger partial charge in [-0.15, -0.1) is 0 Å². The molecule has 0 aromatic heterocycles. The summed E-state index contributed by atoms with van der Waals surface area (Å²) in [4.78, 5) is 24.7. The van der Waals surface area contributed by atoms with Crippen LogP contribution >= 0.6 is 0 Å². The molecular formula is C16H22N2O3. The first-order valence-electron chi connectivity index (χ1n) is 7.19. The number of amides is 2. The molecule has 2 rings (SSSR count). The lowest BCUT2D eigenvalue weighted by Gasteiger charge is -2.40. The van der Waals surface area contributed by atoms with Crippen molar-refractivity contribution in [3.05, 3.63) is 35.9 Å². The van der Waals surface area contributed by atoms with Crippen molar-refractivity contribution >= 4 is 11.8 Å². The summed E-state index contributed by atoms with van der Waals surface area (Å²) in [5.41, 5.74) is 0.299. The Bertz CT molecular complexity index is 498. The van der Waals surface area contributed by atoms with Crippen LogP contribution < -0.4 is 10.6 Å². The summed E-state index contributed by atoms with van der Waals surface area (Å²) in [5.74, 6) is -0.325. The summed E-state index contributed by atoms with van der Waals surface area (Å²) < 4.78 is 5.18.